The fourth-order valence-corrected chi connectivity index (χ4v) is 3.28. The zero-order chi connectivity index (χ0) is 21.1. The number of fused-ring (bicyclic) bond motifs is 1. The lowest BCUT2D eigenvalue weighted by atomic mass is 10.1. The predicted molar refractivity (Wildman–Crippen MR) is 112 cm³/mol. The average molecular weight is 392 g/mol. The number of hydrogen-bond acceptors (Lipinski definition) is 4. The monoisotopic (exact) mass is 392 g/mol. The highest BCUT2D eigenvalue weighted by atomic mass is 16.5. The number of carbonyl (C=O) groups is 2. The van der Waals surface area contributed by atoms with Gasteiger partial charge in [-0.3, -0.25) is 9.59 Å². The van der Waals surface area contributed by atoms with E-state index in [1.54, 1.807) is 24.3 Å². The van der Waals surface area contributed by atoms with Crippen LogP contribution in [0.4, 0.5) is 11.4 Å². The van der Waals surface area contributed by atoms with Crippen molar-refractivity contribution < 1.29 is 14.3 Å². The molecule has 0 saturated carbocycles. The number of carbonyl (C=O) groups excluding carboxylic acids is 2. The van der Waals surface area contributed by atoms with Crippen LogP contribution in [-0.4, -0.2) is 23.0 Å². The van der Waals surface area contributed by atoms with Gasteiger partial charge in [-0.25, -0.2) is 0 Å². The molecule has 0 fully saturated rings. The van der Waals surface area contributed by atoms with Gasteiger partial charge in [0.25, 0.3) is 11.8 Å². The van der Waals surface area contributed by atoms with Crippen molar-refractivity contribution in [2.45, 2.75) is 34.2 Å². The first-order chi connectivity index (χ1) is 13.8. The second kappa shape index (κ2) is 8.23. The maximum atomic E-state index is 12.6. The number of nitrogens with one attached hydrogen (secondary N) is 2. The Morgan fingerprint density at radius 2 is 2.14 bits per heavy atom. The predicted octanol–water partition coefficient (Wildman–Crippen LogP) is 3.64. The molecule has 1 aromatic carbocycles. The fourth-order valence-electron chi connectivity index (χ4n) is 3.28. The molecule has 0 radical (unpaired) electrons. The maximum absolute atomic E-state index is 12.6. The molecule has 0 unspecified atom stereocenters. The van der Waals surface area contributed by atoms with E-state index in [9.17, 15) is 14.9 Å². The Morgan fingerprint density at radius 1 is 1.38 bits per heavy atom. The van der Waals surface area contributed by atoms with Gasteiger partial charge in [-0.05, 0) is 55.7 Å². The van der Waals surface area contributed by atoms with Crippen molar-refractivity contribution in [3.8, 4) is 11.8 Å². The minimum Gasteiger partial charge on any atom is -0.482 e. The third-order valence-corrected chi connectivity index (χ3v) is 4.70. The molecule has 1 aliphatic rings. The van der Waals surface area contributed by atoms with Gasteiger partial charge in [0, 0.05) is 23.6 Å². The van der Waals surface area contributed by atoms with E-state index in [-0.39, 0.29) is 18.1 Å². The molecular weight excluding hydrogens is 368 g/mol. The number of rotatable bonds is 5. The van der Waals surface area contributed by atoms with Crippen molar-refractivity contribution in [1.29, 1.82) is 5.26 Å². The number of aryl methyl sites for hydroxylation is 1. The molecule has 3 rings (SSSR count). The Morgan fingerprint density at radius 3 is 2.83 bits per heavy atom. The molecule has 29 heavy (non-hydrogen) atoms. The van der Waals surface area contributed by atoms with Crippen molar-refractivity contribution in [2.75, 3.05) is 17.2 Å². The summed E-state index contributed by atoms with van der Waals surface area (Å²) in [5, 5.41) is 14.9. The Balaban J connectivity index is 1.82. The lowest BCUT2D eigenvalue weighted by Crippen LogP contribution is -2.25. The van der Waals surface area contributed by atoms with Crippen LogP contribution in [0.5, 0.6) is 5.75 Å². The average Bonchev–Trinajstić information content (AvgIpc) is 2.92. The molecule has 7 heteroatoms. The summed E-state index contributed by atoms with van der Waals surface area (Å²) in [4.78, 5) is 24.1. The summed E-state index contributed by atoms with van der Waals surface area (Å²) in [7, 11) is 0. The minimum absolute atomic E-state index is 0.00723. The van der Waals surface area contributed by atoms with E-state index in [0.717, 1.165) is 23.5 Å². The summed E-state index contributed by atoms with van der Waals surface area (Å²) in [6.07, 6.45) is 1.61. The smallest absolute Gasteiger partial charge is 0.266 e. The lowest BCUT2D eigenvalue weighted by Gasteiger charge is -2.18. The van der Waals surface area contributed by atoms with Crippen LogP contribution in [0.3, 0.4) is 0 Å². The number of hydrogen-bond donors (Lipinski definition) is 2. The molecule has 1 aromatic heterocycles. The van der Waals surface area contributed by atoms with E-state index < -0.39 is 5.91 Å². The molecule has 2 N–H and O–H groups in total. The van der Waals surface area contributed by atoms with Gasteiger partial charge < -0.3 is 19.9 Å². The minimum atomic E-state index is -0.510. The van der Waals surface area contributed by atoms with Crippen molar-refractivity contribution in [1.82, 2.24) is 4.57 Å². The highest BCUT2D eigenvalue weighted by Crippen LogP contribution is 2.30. The normalized spacial score (nSPS) is 13.4. The van der Waals surface area contributed by atoms with Gasteiger partial charge in [-0.1, -0.05) is 13.8 Å². The molecule has 150 valence electrons. The number of amides is 2. The zero-order valence-electron chi connectivity index (χ0n) is 17.0. The Labute approximate surface area is 170 Å². The zero-order valence-corrected chi connectivity index (χ0v) is 17.0. The molecule has 0 bridgehead atoms. The highest BCUT2D eigenvalue weighted by molar-refractivity contribution is 6.10. The summed E-state index contributed by atoms with van der Waals surface area (Å²) in [6.45, 7) is 9.14. The van der Waals surface area contributed by atoms with Gasteiger partial charge in [0.2, 0.25) is 0 Å². The standard InChI is InChI=1S/C22H24N4O3/c1-13(2)11-26-14(3)7-16(15(26)4)8-17(10-23)22(28)24-18-5-6-20-19(9-18)25-21(27)12-29-20/h5-9,13H,11-12H2,1-4H3,(H,24,28)(H,25,27)/b17-8+. The van der Waals surface area contributed by atoms with Gasteiger partial charge in [0.1, 0.15) is 17.4 Å². The van der Waals surface area contributed by atoms with Crippen LogP contribution in [0.2, 0.25) is 0 Å². The molecule has 0 aliphatic carbocycles. The van der Waals surface area contributed by atoms with Gasteiger partial charge >= 0.3 is 0 Å². The second-order valence-electron chi connectivity index (χ2n) is 7.50. The van der Waals surface area contributed by atoms with Gasteiger partial charge in [-0.15, -0.1) is 0 Å². The summed E-state index contributed by atoms with van der Waals surface area (Å²) in [5.41, 5.74) is 3.91. The first-order valence-electron chi connectivity index (χ1n) is 9.45. The SMILES string of the molecule is Cc1cc(/C=C(\C#N)C(=O)Nc2ccc3c(c2)NC(=O)CO3)c(C)n1CC(C)C. The Bertz CT molecular complexity index is 1040. The van der Waals surface area contributed by atoms with Crippen LogP contribution in [-0.2, 0) is 16.1 Å². The molecule has 0 saturated heterocycles. The van der Waals surface area contributed by atoms with E-state index in [2.05, 4.69) is 29.0 Å². The van der Waals surface area contributed by atoms with Gasteiger partial charge in [0.15, 0.2) is 6.61 Å². The molecular formula is C22H24N4O3. The molecule has 0 spiro atoms. The first-order valence-corrected chi connectivity index (χ1v) is 9.45. The maximum Gasteiger partial charge on any atom is 0.266 e. The quantitative estimate of drug-likeness (QED) is 0.600. The summed E-state index contributed by atoms with van der Waals surface area (Å²) in [6, 6.07) is 8.90. The number of nitriles is 1. The van der Waals surface area contributed by atoms with Crippen LogP contribution in [0.15, 0.2) is 29.8 Å². The number of ether oxygens (including phenoxy) is 1. The topological polar surface area (TPSA) is 96.2 Å². The third-order valence-electron chi connectivity index (χ3n) is 4.70. The molecule has 2 heterocycles. The van der Waals surface area contributed by atoms with Crippen molar-refractivity contribution >= 4 is 29.3 Å². The summed E-state index contributed by atoms with van der Waals surface area (Å²) in [5.74, 6) is 0.264. The van der Waals surface area contributed by atoms with E-state index in [4.69, 9.17) is 4.74 Å². The third kappa shape index (κ3) is 4.49. The number of nitrogens with zero attached hydrogens (tertiary/aromatic N) is 2. The fraction of sp³-hybridized carbons (Fsp3) is 0.318. The number of aromatic nitrogens is 1. The van der Waals surface area contributed by atoms with Crippen molar-refractivity contribution in [3.63, 3.8) is 0 Å². The van der Waals surface area contributed by atoms with Crippen molar-refractivity contribution in [3.05, 3.63) is 46.8 Å². The van der Waals surface area contributed by atoms with Crippen LogP contribution >= 0.6 is 0 Å². The molecule has 1 aliphatic heterocycles. The molecule has 2 amide bonds. The van der Waals surface area contributed by atoms with E-state index >= 15 is 0 Å². The molecule has 2 aromatic rings. The highest BCUT2D eigenvalue weighted by Gasteiger charge is 2.18. The van der Waals surface area contributed by atoms with Crippen LogP contribution < -0.4 is 15.4 Å². The van der Waals surface area contributed by atoms with Crippen molar-refractivity contribution in [2.24, 2.45) is 5.92 Å². The summed E-state index contributed by atoms with van der Waals surface area (Å²) >= 11 is 0. The van der Waals surface area contributed by atoms with E-state index in [1.807, 2.05) is 26.0 Å². The van der Waals surface area contributed by atoms with Gasteiger partial charge in [0.05, 0.1) is 5.69 Å². The number of anilines is 2. The second-order valence-corrected chi connectivity index (χ2v) is 7.50. The van der Waals surface area contributed by atoms with E-state index in [1.165, 1.54) is 0 Å². The van der Waals surface area contributed by atoms with E-state index in [0.29, 0.717) is 23.0 Å². The molecule has 0 atom stereocenters. The Hall–Kier alpha value is -3.53. The lowest BCUT2D eigenvalue weighted by molar-refractivity contribution is -0.118. The van der Waals surface area contributed by atoms with Crippen LogP contribution in [0.25, 0.3) is 6.08 Å². The summed E-state index contributed by atoms with van der Waals surface area (Å²) < 4.78 is 7.50. The Kier molecular flexibility index (Phi) is 5.74. The first kappa shape index (κ1) is 20.2. The van der Waals surface area contributed by atoms with Gasteiger partial charge in [-0.2, -0.15) is 5.26 Å². The molecule has 7 nitrogen and oxygen atoms in total. The number of benzene rings is 1. The van der Waals surface area contributed by atoms with Crippen LogP contribution in [0.1, 0.15) is 30.8 Å². The largest absolute Gasteiger partial charge is 0.482 e. The van der Waals surface area contributed by atoms with Crippen LogP contribution in [0, 0.1) is 31.1 Å².